The molecular formula is C16H18N4O. The Morgan fingerprint density at radius 3 is 2.86 bits per heavy atom. The molecule has 0 aliphatic rings. The van der Waals surface area contributed by atoms with Crippen LogP contribution in [0.2, 0.25) is 0 Å². The zero-order valence-electron chi connectivity index (χ0n) is 12.4. The topological polar surface area (TPSA) is 63.7 Å². The van der Waals surface area contributed by atoms with Crippen LogP contribution >= 0.6 is 0 Å². The third-order valence-corrected chi connectivity index (χ3v) is 3.65. The maximum absolute atomic E-state index is 5.66. The first-order valence-corrected chi connectivity index (χ1v) is 7.02. The van der Waals surface area contributed by atoms with Gasteiger partial charge in [-0.1, -0.05) is 6.07 Å². The Hall–Kier alpha value is -2.43. The molecule has 0 bridgehead atoms. The fourth-order valence-corrected chi connectivity index (χ4v) is 2.44. The van der Waals surface area contributed by atoms with E-state index in [1.807, 2.05) is 37.4 Å². The minimum absolute atomic E-state index is 0.301. The van der Waals surface area contributed by atoms with E-state index < -0.39 is 0 Å². The van der Waals surface area contributed by atoms with Crippen LogP contribution in [0.5, 0.6) is 5.88 Å². The molecule has 3 aromatic rings. The summed E-state index contributed by atoms with van der Waals surface area (Å²) in [6.07, 6.45) is 3.55. The largest absolute Gasteiger partial charge is 0.478 e. The van der Waals surface area contributed by atoms with E-state index in [0.717, 1.165) is 22.3 Å². The van der Waals surface area contributed by atoms with Gasteiger partial charge in [0, 0.05) is 23.4 Å². The number of nitrogens with one attached hydrogen (secondary N) is 1. The van der Waals surface area contributed by atoms with Gasteiger partial charge in [0.05, 0.1) is 12.3 Å². The van der Waals surface area contributed by atoms with Crippen LogP contribution in [0.25, 0.3) is 11.0 Å². The summed E-state index contributed by atoms with van der Waals surface area (Å²) in [5.74, 6) is 0.666. The monoisotopic (exact) mass is 282 g/mol. The number of rotatable bonds is 4. The van der Waals surface area contributed by atoms with E-state index in [1.54, 1.807) is 6.20 Å². The molecule has 3 aromatic heterocycles. The maximum Gasteiger partial charge on any atom is 0.217 e. The van der Waals surface area contributed by atoms with Crippen molar-refractivity contribution in [3.8, 4) is 5.88 Å². The summed E-state index contributed by atoms with van der Waals surface area (Å²) in [7, 11) is 0. The molecule has 0 spiro atoms. The predicted molar refractivity (Wildman–Crippen MR) is 81.4 cm³/mol. The van der Waals surface area contributed by atoms with Gasteiger partial charge < -0.3 is 4.74 Å². The van der Waals surface area contributed by atoms with Crippen LogP contribution < -0.4 is 4.74 Å². The van der Waals surface area contributed by atoms with Crippen LogP contribution in [0.1, 0.15) is 32.0 Å². The summed E-state index contributed by atoms with van der Waals surface area (Å²) in [6, 6.07) is 7.95. The Balaban J connectivity index is 2.10. The van der Waals surface area contributed by atoms with Crippen LogP contribution in [-0.4, -0.2) is 26.8 Å². The minimum Gasteiger partial charge on any atom is -0.478 e. The van der Waals surface area contributed by atoms with Crippen LogP contribution in [-0.2, 0) is 5.41 Å². The number of ether oxygens (including phenoxy) is 1. The van der Waals surface area contributed by atoms with Crippen LogP contribution in [0.3, 0.4) is 0 Å². The zero-order valence-corrected chi connectivity index (χ0v) is 12.4. The molecule has 0 aliphatic heterocycles. The van der Waals surface area contributed by atoms with Gasteiger partial charge in [0.2, 0.25) is 5.88 Å². The Labute approximate surface area is 123 Å². The van der Waals surface area contributed by atoms with Gasteiger partial charge in [-0.15, -0.1) is 0 Å². The normalized spacial score (nSPS) is 11.8. The molecule has 0 aliphatic carbocycles. The van der Waals surface area contributed by atoms with Crippen molar-refractivity contribution < 1.29 is 4.74 Å². The highest BCUT2D eigenvalue weighted by Gasteiger charge is 2.29. The van der Waals surface area contributed by atoms with E-state index in [4.69, 9.17) is 9.72 Å². The first-order valence-electron chi connectivity index (χ1n) is 7.02. The number of hydrogen-bond donors (Lipinski definition) is 1. The molecule has 0 aromatic carbocycles. The van der Waals surface area contributed by atoms with Gasteiger partial charge in [-0.25, -0.2) is 9.97 Å². The summed E-state index contributed by atoms with van der Waals surface area (Å²) in [5.41, 5.74) is 3.42. The van der Waals surface area contributed by atoms with E-state index in [-0.39, 0.29) is 5.41 Å². The van der Waals surface area contributed by atoms with Gasteiger partial charge in [0.25, 0.3) is 0 Å². The van der Waals surface area contributed by atoms with Crippen molar-refractivity contribution in [3.63, 3.8) is 0 Å². The van der Waals surface area contributed by atoms with Crippen molar-refractivity contribution in [2.24, 2.45) is 0 Å². The van der Waals surface area contributed by atoms with Crippen molar-refractivity contribution in [2.75, 3.05) is 6.61 Å². The van der Waals surface area contributed by atoms with Crippen molar-refractivity contribution in [2.45, 2.75) is 26.2 Å². The minimum atomic E-state index is -0.301. The number of aromatic amines is 1. The smallest absolute Gasteiger partial charge is 0.217 e. The maximum atomic E-state index is 5.66. The van der Waals surface area contributed by atoms with E-state index >= 15 is 0 Å². The highest BCUT2D eigenvalue weighted by atomic mass is 16.5. The van der Waals surface area contributed by atoms with Crippen LogP contribution in [0, 0.1) is 0 Å². The number of aromatic nitrogens is 4. The number of fused-ring (bicyclic) bond motifs is 1. The lowest BCUT2D eigenvalue weighted by Gasteiger charge is -2.26. The van der Waals surface area contributed by atoms with Crippen molar-refractivity contribution in [3.05, 3.63) is 47.9 Å². The lowest BCUT2D eigenvalue weighted by molar-refractivity contribution is 0.317. The second kappa shape index (κ2) is 5.16. The Morgan fingerprint density at radius 2 is 2.05 bits per heavy atom. The SMILES string of the molecule is CCOc1ncccc1C(C)(C)c1ccc2n[nH]cc2n1. The Bertz CT molecular complexity index is 764. The second-order valence-electron chi connectivity index (χ2n) is 5.40. The van der Waals surface area contributed by atoms with Crippen molar-refractivity contribution in [1.82, 2.24) is 20.2 Å². The molecule has 5 nitrogen and oxygen atoms in total. The zero-order chi connectivity index (χ0) is 14.9. The number of nitrogens with zero attached hydrogens (tertiary/aromatic N) is 3. The molecule has 108 valence electrons. The van der Waals surface area contributed by atoms with Gasteiger partial charge in [-0.3, -0.25) is 5.10 Å². The molecule has 0 saturated heterocycles. The summed E-state index contributed by atoms with van der Waals surface area (Å²) in [6.45, 7) is 6.80. The van der Waals surface area contributed by atoms with E-state index in [9.17, 15) is 0 Å². The van der Waals surface area contributed by atoms with E-state index in [2.05, 4.69) is 29.0 Å². The summed E-state index contributed by atoms with van der Waals surface area (Å²) in [4.78, 5) is 9.05. The predicted octanol–water partition coefficient (Wildman–Crippen LogP) is 3.08. The average molecular weight is 282 g/mol. The molecule has 0 unspecified atom stereocenters. The van der Waals surface area contributed by atoms with E-state index in [0.29, 0.717) is 12.5 Å². The highest BCUT2D eigenvalue weighted by molar-refractivity contribution is 5.73. The molecule has 0 amide bonds. The van der Waals surface area contributed by atoms with Gasteiger partial charge >= 0.3 is 0 Å². The molecule has 0 saturated carbocycles. The molecule has 3 rings (SSSR count). The van der Waals surface area contributed by atoms with Crippen LogP contribution in [0.4, 0.5) is 0 Å². The molecule has 3 heterocycles. The third-order valence-electron chi connectivity index (χ3n) is 3.65. The molecule has 0 fully saturated rings. The standard InChI is InChI=1S/C16H18N4O/c1-4-21-15-11(6-5-9-17-15)16(2,3)14-8-7-12-13(19-14)10-18-20-12/h5-10H,4H2,1-3H3,(H,18,20). The third kappa shape index (κ3) is 2.35. The summed E-state index contributed by atoms with van der Waals surface area (Å²) in [5, 5.41) is 6.98. The highest BCUT2D eigenvalue weighted by Crippen LogP contribution is 2.35. The Morgan fingerprint density at radius 1 is 1.19 bits per heavy atom. The lowest BCUT2D eigenvalue weighted by atomic mass is 9.81. The number of hydrogen-bond acceptors (Lipinski definition) is 4. The van der Waals surface area contributed by atoms with Gasteiger partial charge in [-0.05, 0) is 39.0 Å². The van der Waals surface area contributed by atoms with Crippen LogP contribution in [0.15, 0.2) is 36.7 Å². The Kier molecular flexibility index (Phi) is 3.33. The quantitative estimate of drug-likeness (QED) is 0.798. The number of H-pyrrole nitrogens is 1. The van der Waals surface area contributed by atoms with Gasteiger partial charge in [-0.2, -0.15) is 5.10 Å². The summed E-state index contributed by atoms with van der Waals surface area (Å²) < 4.78 is 5.66. The second-order valence-corrected chi connectivity index (χ2v) is 5.40. The van der Waals surface area contributed by atoms with Crippen molar-refractivity contribution >= 4 is 11.0 Å². The van der Waals surface area contributed by atoms with Gasteiger partial charge in [0.15, 0.2) is 0 Å². The van der Waals surface area contributed by atoms with E-state index in [1.165, 1.54) is 0 Å². The van der Waals surface area contributed by atoms with Gasteiger partial charge in [0.1, 0.15) is 11.0 Å². The first kappa shape index (κ1) is 13.5. The molecule has 1 N–H and O–H groups in total. The molecular weight excluding hydrogens is 264 g/mol. The fraction of sp³-hybridized carbons (Fsp3) is 0.312. The number of pyridine rings is 2. The summed E-state index contributed by atoms with van der Waals surface area (Å²) >= 11 is 0. The molecule has 0 atom stereocenters. The lowest BCUT2D eigenvalue weighted by Crippen LogP contribution is -2.22. The fourth-order valence-electron chi connectivity index (χ4n) is 2.44. The molecule has 0 radical (unpaired) electrons. The average Bonchev–Trinajstić information content (AvgIpc) is 2.95. The van der Waals surface area contributed by atoms with Crippen molar-refractivity contribution in [1.29, 1.82) is 0 Å². The first-order chi connectivity index (χ1) is 10.1. The molecule has 5 heteroatoms. The molecule has 21 heavy (non-hydrogen) atoms.